The Balaban J connectivity index is 1.34. The lowest BCUT2D eigenvalue weighted by molar-refractivity contribution is -0.142. The van der Waals surface area contributed by atoms with Gasteiger partial charge in [-0.05, 0) is 47.5 Å². The van der Waals surface area contributed by atoms with Gasteiger partial charge in [0, 0.05) is 29.2 Å². The van der Waals surface area contributed by atoms with E-state index in [2.05, 4.69) is 19.8 Å². The molecule has 206 valence electrons. The van der Waals surface area contributed by atoms with Crippen LogP contribution in [-0.4, -0.2) is 47.7 Å². The number of imidazole rings is 1. The Bertz CT molecular complexity index is 1490. The fourth-order valence-electron chi connectivity index (χ4n) is 4.68. The third kappa shape index (κ3) is 6.41. The normalized spacial score (nSPS) is 13.2. The van der Waals surface area contributed by atoms with E-state index in [1.807, 2.05) is 61.1 Å². The highest BCUT2D eigenvalue weighted by Crippen LogP contribution is 2.36. The molecular formula is C30H28Cl2N4O4. The lowest BCUT2D eigenvalue weighted by Gasteiger charge is -2.32. The van der Waals surface area contributed by atoms with Crippen LogP contribution in [0.25, 0.3) is 0 Å². The molecule has 0 saturated heterocycles. The van der Waals surface area contributed by atoms with Crippen LogP contribution in [0, 0.1) is 0 Å². The van der Waals surface area contributed by atoms with E-state index in [9.17, 15) is 9.59 Å². The molecule has 1 atom stereocenters. The van der Waals surface area contributed by atoms with E-state index in [1.165, 1.54) is 7.11 Å². The summed E-state index contributed by atoms with van der Waals surface area (Å²) in [5.74, 6) is -0.481. The zero-order valence-corrected chi connectivity index (χ0v) is 23.4. The van der Waals surface area contributed by atoms with Crippen molar-refractivity contribution in [3.8, 4) is 5.75 Å². The third-order valence-corrected chi connectivity index (χ3v) is 7.25. The molecule has 0 unspecified atom stereocenters. The van der Waals surface area contributed by atoms with E-state index < -0.39 is 17.9 Å². The Morgan fingerprint density at radius 1 is 1.00 bits per heavy atom. The summed E-state index contributed by atoms with van der Waals surface area (Å²) in [6, 6.07) is 19.4. The van der Waals surface area contributed by atoms with Crippen molar-refractivity contribution in [2.24, 2.45) is 0 Å². The predicted molar refractivity (Wildman–Crippen MR) is 154 cm³/mol. The molecule has 1 amide bonds. The average Bonchev–Trinajstić information content (AvgIpc) is 3.40. The molecule has 0 radical (unpaired) electrons. The van der Waals surface area contributed by atoms with Gasteiger partial charge in [0.1, 0.15) is 12.6 Å². The maximum atomic E-state index is 13.4. The van der Waals surface area contributed by atoms with Crippen molar-refractivity contribution < 1.29 is 19.1 Å². The van der Waals surface area contributed by atoms with Crippen LogP contribution in [0.2, 0.25) is 10.0 Å². The number of carbonyl (C=O) groups excluding carboxylic acids is 2. The van der Waals surface area contributed by atoms with Gasteiger partial charge in [-0.2, -0.15) is 0 Å². The Labute approximate surface area is 242 Å². The number of methoxy groups -OCH3 is 1. The molecule has 1 N–H and O–H groups in total. The number of hydrogen-bond donors (Lipinski definition) is 1. The van der Waals surface area contributed by atoms with Gasteiger partial charge in [0.2, 0.25) is 0 Å². The number of ether oxygens (including phenoxy) is 2. The first-order valence-electron chi connectivity index (χ1n) is 12.8. The predicted octanol–water partition coefficient (Wildman–Crippen LogP) is 5.15. The number of esters is 1. The van der Waals surface area contributed by atoms with Crippen LogP contribution >= 0.6 is 23.2 Å². The van der Waals surface area contributed by atoms with Crippen molar-refractivity contribution in [2.45, 2.75) is 25.6 Å². The minimum absolute atomic E-state index is 0.259. The highest BCUT2D eigenvalue weighted by molar-refractivity contribution is 6.30. The summed E-state index contributed by atoms with van der Waals surface area (Å²) in [4.78, 5) is 32.5. The summed E-state index contributed by atoms with van der Waals surface area (Å²) in [6.45, 7) is 2.30. The first kappa shape index (κ1) is 27.6. The van der Waals surface area contributed by atoms with Gasteiger partial charge in [-0.1, -0.05) is 53.5 Å². The Hall–Kier alpha value is -4.01. The van der Waals surface area contributed by atoms with Crippen molar-refractivity contribution in [3.05, 3.63) is 112 Å². The number of hydrogen-bond acceptors (Lipinski definition) is 6. The zero-order chi connectivity index (χ0) is 28.1. The van der Waals surface area contributed by atoms with E-state index >= 15 is 0 Å². The monoisotopic (exact) mass is 578 g/mol. The van der Waals surface area contributed by atoms with Gasteiger partial charge < -0.3 is 24.3 Å². The molecule has 8 nitrogen and oxygen atoms in total. The number of carbonyl (C=O) groups is 2. The molecule has 0 saturated carbocycles. The van der Waals surface area contributed by atoms with Crippen LogP contribution in [0.3, 0.4) is 0 Å². The molecule has 0 spiro atoms. The quantitative estimate of drug-likeness (QED) is 0.276. The highest BCUT2D eigenvalue weighted by atomic mass is 35.5. The van der Waals surface area contributed by atoms with Crippen molar-refractivity contribution in [1.29, 1.82) is 0 Å². The number of rotatable bonds is 9. The largest absolute Gasteiger partial charge is 0.489 e. The number of para-hydroxylation sites is 1. The Morgan fingerprint density at radius 3 is 2.40 bits per heavy atom. The summed E-state index contributed by atoms with van der Waals surface area (Å²) in [5.41, 5.74) is 4.12. The molecule has 0 fully saturated rings. The van der Waals surface area contributed by atoms with Gasteiger partial charge in [0.25, 0.3) is 5.91 Å². The molecule has 3 aromatic carbocycles. The number of halogens is 2. The molecule has 0 bridgehead atoms. The van der Waals surface area contributed by atoms with Crippen molar-refractivity contribution in [3.63, 3.8) is 0 Å². The average molecular weight is 579 g/mol. The number of nitrogens with zero attached hydrogens (tertiary/aromatic N) is 3. The minimum atomic E-state index is -0.878. The van der Waals surface area contributed by atoms with Gasteiger partial charge in [-0.15, -0.1) is 0 Å². The highest BCUT2D eigenvalue weighted by Gasteiger charge is 2.28. The molecule has 10 heteroatoms. The topological polar surface area (TPSA) is 85.7 Å². The van der Waals surface area contributed by atoms with Gasteiger partial charge >= 0.3 is 5.97 Å². The number of nitrogens with one attached hydrogen (secondary N) is 1. The zero-order valence-electron chi connectivity index (χ0n) is 21.8. The molecule has 1 aromatic heterocycles. The molecule has 0 aliphatic carbocycles. The molecular weight excluding hydrogens is 551 g/mol. The van der Waals surface area contributed by atoms with E-state index in [0.717, 1.165) is 22.5 Å². The number of amides is 1. The van der Waals surface area contributed by atoms with Gasteiger partial charge in [-0.25, -0.2) is 9.78 Å². The second-order valence-corrected chi connectivity index (χ2v) is 10.3. The molecule has 2 heterocycles. The number of benzene rings is 3. The summed E-state index contributed by atoms with van der Waals surface area (Å²) < 4.78 is 13.0. The fraction of sp³-hybridized carbons (Fsp3) is 0.233. The van der Waals surface area contributed by atoms with Crippen molar-refractivity contribution >= 4 is 40.8 Å². The second-order valence-electron chi connectivity index (χ2n) is 9.44. The van der Waals surface area contributed by atoms with Crippen LogP contribution in [-0.2, 0) is 29.0 Å². The van der Waals surface area contributed by atoms with E-state index in [0.29, 0.717) is 47.6 Å². The van der Waals surface area contributed by atoms with E-state index in [-0.39, 0.29) is 6.42 Å². The minimum Gasteiger partial charge on any atom is -0.489 e. The lowest BCUT2D eigenvalue weighted by Crippen LogP contribution is -2.43. The number of aromatic nitrogens is 2. The lowest BCUT2D eigenvalue weighted by atomic mass is 10.0. The molecule has 40 heavy (non-hydrogen) atoms. The first-order valence-corrected chi connectivity index (χ1v) is 13.5. The van der Waals surface area contributed by atoms with Crippen LogP contribution in [0.4, 0.5) is 5.69 Å². The Kier molecular flexibility index (Phi) is 8.57. The van der Waals surface area contributed by atoms with E-state index in [4.69, 9.17) is 32.7 Å². The standard InChI is InChI=1S/C30H28Cl2N4O4/c1-39-30(38)26(15-20-5-9-22(31)10-6-20)34-29(37)25-3-2-4-27-28(25)40-14-13-35(27)18-24-16-33-19-36(24)17-21-7-11-23(32)12-8-21/h2-12,16,19,26H,13-15,17-18H2,1H3,(H,34,37)/t26-/m0/s1. The van der Waals surface area contributed by atoms with E-state index in [1.54, 1.807) is 18.2 Å². The van der Waals surface area contributed by atoms with Crippen LogP contribution < -0.4 is 15.0 Å². The number of anilines is 1. The fourth-order valence-corrected chi connectivity index (χ4v) is 4.93. The maximum Gasteiger partial charge on any atom is 0.328 e. The van der Waals surface area contributed by atoms with Gasteiger partial charge in [0.15, 0.2) is 5.75 Å². The third-order valence-electron chi connectivity index (χ3n) is 6.75. The molecule has 1 aliphatic rings. The molecule has 5 rings (SSSR count). The van der Waals surface area contributed by atoms with Crippen molar-refractivity contribution in [1.82, 2.24) is 14.9 Å². The smallest absolute Gasteiger partial charge is 0.328 e. The summed E-state index contributed by atoms with van der Waals surface area (Å²) in [7, 11) is 1.30. The summed E-state index contributed by atoms with van der Waals surface area (Å²) in [6.07, 6.45) is 3.91. The molecule has 1 aliphatic heterocycles. The molecule has 4 aromatic rings. The maximum absolute atomic E-state index is 13.4. The van der Waals surface area contributed by atoms with Crippen molar-refractivity contribution in [2.75, 3.05) is 25.2 Å². The van der Waals surface area contributed by atoms with Gasteiger partial charge in [-0.3, -0.25) is 4.79 Å². The van der Waals surface area contributed by atoms with Crippen LogP contribution in [0.5, 0.6) is 5.75 Å². The Morgan fingerprint density at radius 2 is 1.70 bits per heavy atom. The summed E-state index contributed by atoms with van der Waals surface area (Å²) in [5, 5.41) is 4.12. The van der Waals surface area contributed by atoms with Crippen LogP contribution in [0.15, 0.2) is 79.3 Å². The summed E-state index contributed by atoms with van der Waals surface area (Å²) >= 11 is 12.0. The van der Waals surface area contributed by atoms with Crippen LogP contribution in [0.1, 0.15) is 27.2 Å². The van der Waals surface area contributed by atoms with Gasteiger partial charge in [0.05, 0.1) is 43.5 Å². The first-order chi connectivity index (χ1) is 19.4. The number of fused-ring (bicyclic) bond motifs is 1. The second kappa shape index (κ2) is 12.4. The SMILES string of the molecule is COC(=O)[C@H](Cc1ccc(Cl)cc1)NC(=O)c1cccc2c1OCCN2Cc1cncn1Cc1ccc(Cl)cc1.